The molecule has 2 aliphatic rings. The van der Waals surface area contributed by atoms with Gasteiger partial charge in [-0.05, 0) is 61.2 Å². The van der Waals surface area contributed by atoms with E-state index < -0.39 is 11.6 Å². The number of carbonyl (C=O) groups is 2. The molecule has 0 saturated heterocycles. The molecule has 9 heteroatoms. The van der Waals surface area contributed by atoms with Crippen molar-refractivity contribution in [3.8, 4) is 5.75 Å². The van der Waals surface area contributed by atoms with Crippen LogP contribution in [0.1, 0.15) is 42.6 Å². The lowest BCUT2D eigenvalue weighted by atomic mass is 9.73. The number of H-pyrrole nitrogens is 1. The Labute approximate surface area is 224 Å². The van der Waals surface area contributed by atoms with Gasteiger partial charge < -0.3 is 20.3 Å². The number of phenolic OH excluding ortho intramolecular Hbond substituents is 1. The van der Waals surface area contributed by atoms with Crippen LogP contribution >= 0.6 is 11.6 Å². The van der Waals surface area contributed by atoms with Crippen LogP contribution in [0.3, 0.4) is 0 Å². The lowest BCUT2D eigenvalue weighted by Crippen LogP contribution is -2.62. The van der Waals surface area contributed by atoms with Crippen molar-refractivity contribution >= 4 is 40.0 Å². The van der Waals surface area contributed by atoms with Gasteiger partial charge in [0, 0.05) is 65.5 Å². The number of aromatic hydroxyl groups is 1. The van der Waals surface area contributed by atoms with Gasteiger partial charge in [-0.3, -0.25) is 14.3 Å². The second-order valence-corrected chi connectivity index (χ2v) is 10.7. The molecule has 38 heavy (non-hydrogen) atoms. The average Bonchev–Trinajstić information content (AvgIpc) is 3.46. The Morgan fingerprint density at radius 1 is 1.21 bits per heavy atom. The highest BCUT2D eigenvalue weighted by molar-refractivity contribution is 6.31. The van der Waals surface area contributed by atoms with Crippen LogP contribution in [0.25, 0.3) is 10.9 Å². The standard InChI is InChI=1S/C29H28ClN5O3/c1-29-16-22-21-15-19(30)8-9-23(21)32-26(22)27(17-5-3-7-20(36)13-17)35(29)25(37)14-18(28(29)38)6-4-11-31-24-10-12-34(2)33-24/h3,5,7-10,12-15,27,32,36H,4,6,11,16H2,1-2H3,(H,31,33)/t27-,29+/m1/s1. The van der Waals surface area contributed by atoms with E-state index >= 15 is 0 Å². The number of hydrogen-bond donors (Lipinski definition) is 3. The van der Waals surface area contributed by atoms with E-state index in [2.05, 4.69) is 15.4 Å². The van der Waals surface area contributed by atoms with E-state index in [1.807, 2.05) is 50.5 Å². The van der Waals surface area contributed by atoms with Gasteiger partial charge in [0.1, 0.15) is 17.1 Å². The quantitative estimate of drug-likeness (QED) is 0.308. The number of halogens is 1. The topological polar surface area (TPSA) is 103 Å². The lowest BCUT2D eigenvalue weighted by Gasteiger charge is -2.50. The molecule has 2 atom stereocenters. The number of amides is 1. The van der Waals surface area contributed by atoms with Gasteiger partial charge in [-0.25, -0.2) is 0 Å². The van der Waals surface area contributed by atoms with Crippen molar-refractivity contribution < 1.29 is 14.7 Å². The molecule has 2 aromatic heterocycles. The molecular weight excluding hydrogens is 502 g/mol. The van der Waals surface area contributed by atoms with Crippen LogP contribution < -0.4 is 5.32 Å². The molecule has 4 heterocycles. The molecule has 0 radical (unpaired) electrons. The molecule has 0 spiro atoms. The third-order valence-electron chi connectivity index (χ3n) is 7.63. The molecule has 0 bridgehead atoms. The summed E-state index contributed by atoms with van der Waals surface area (Å²) in [5.74, 6) is 0.609. The van der Waals surface area contributed by atoms with E-state index in [0.717, 1.165) is 33.5 Å². The van der Waals surface area contributed by atoms with Crippen molar-refractivity contribution in [3.05, 3.63) is 88.2 Å². The maximum atomic E-state index is 14.1. The minimum atomic E-state index is -1.09. The number of nitrogens with zero attached hydrogens (tertiary/aromatic N) is 3. The summed E-state index contributed by atoms with van der Waals surface area (Å²) in [5, 5.41) is 19.4. The Kier molecular flexibility index (Phi) is 5.79. The number of benzene rings is 2. The molecular formula is C29H28ClN5O3. The van der Waals surface area contributed by atoms with Gasteiger partial charge in [0.2, 0.25) is 5.91 Å². The van der Waals surface area contributed by atoms with Gasteiger partial charge in [-0.1, -0.05) is 23.7 Å². The molecule has 194 valence electrons. The maximum Gasteiger partial charge on any atom is 0.248 e. The van der Waals surface area contributed by atoms with Gasteiger partial charge in [0.15, 0.2) is 5.78 Å². The lowest BCUT2D eigenvalue weighted by molar-refractivity contribution is -0.146. The van der Waals surface area contributed by atoms with Gasteiger partial charge >= 0.3 is 0 Å². The number of phenols is 1. The second kappa shape index (κ2) is 9.06. The molecule has 6 rings (SSSR count). The average molecular weight is 530 g/mol. The van der Waals surface area contributed by atoms with Gasteiger partial charge in [0.05, 0.1) is 6.04 Å². The first-order chi connectivity index (χ1) is 18.2. The van der Waals surface area contributed by atoms with Crippen LogP contribution in [-0.2, 0) is 23.1 Å². The molecule has 0 unspecified atom stereocenters. The monoisotopic (exact) mass is 529 g/mol. The Hall–Kier alpha value is -4.04. The number of aromatic nitrogens is 3. The first-order valence-corrected chi connectivity index (χ1v) is 13.0. The van der Waals surface area contributed by atoms with Crippen molar-refractivity contribution in [3.63, 3.8) is 0 Å². The van der Waals surface area contributed by atoms with Crippen molar-refractivity contribution in [1.29, 1.82) is 0 Å². The summed E-state index contributed by atoms with van der Waals surface area (Å²) in [6.45, 7) is 2.49. The summed E-state index contributed by atoms with van der Waals surface area (Å²) in [6.07, 6.45) is 4.89. The molecule has 2 aliphatic heterocycles. The zero-order valence-electron chi connectivity index (χ0n) is 21.2. The summed E-state index contributed by atoms with van der Waals surface area (Å²) in [6, 6.07) is 13.8. The predicted molar refractivity (Wildman–Crippen MR) is 146 cm³/mol. The summed E-state index contributed by atoms with van der Waals surface area (Å²) in [5.41, 5.74) is 2.87. The third-order valence-corrected chi connectivity index (χ3v) is 7.87. The Morgan fingerprint density at radius 3 is 2.82 bits per heavy atom. The number of aromatic amines is 1. The second-order valence-electron chi connectivity index (χ2n) is 10.3. The first kappa shape index (κ1) is 24.3. The minimum absolute atomic E-state index is 0.0536. The van der Waals surface area contributed by atoms with Crippen LogP contribution in [0, 0.1) is 0 Å². The SMILES string of the molecule is Cn1ccc(NCCCC2=CC(=O)N3[C@H](c4cccc(O)c4)c4[nH]c5ccc(Cl)cc5c4C[C@@]3(C)C2=O)n1. The molecule has 0 aliphatic carbocycles. The van der Waals surface area contributed by atoms with Gasteiger partial charge in [-0.15, -0.1) is 0 Å². The van der Waals surface area contributed by atoms with Crippen LogP contribution in [0.5, 0.6) is 5.75 Å². The normalized spacial score (nSPS) is 20.9. The van der Waals surface area contributed by atoms with E-state index in [-0.39, 0.29) is 17.4 Å². The maximum absolute atomic E-state index is 14.1. The number of ketones is 1. The zero-order valence-corrected chi connectivity index (χ0v) is 21.9. The smallest absolute Gasteiger partial charge is 0.248 e. The highest BCUT2D eigenvalue weighted by Crippen LogP contribution is 2.48. The van der Waals surface area contributed by atoms with Crippen molar-refractivity contribution in [2.24, 2.45) is 7.05 Å². The Balaban J connectivity index is 1.38. The van der Waals surface area contributed by atoms with Crippen LogP contribution in [0.15, 0.2) is 66.4 Å². The fraction of sp³-hybridized carbons (Fsp3) is 0.276. The van der Waals surface area contributed by atoms with Crippen LogP contribution in [-0.4, -0.2) is 48.5 Å². The fourth-order valence-electron chi connectivity index (χ4n) is 5.90. The largest absolute Gasteiger partial charge is 0.508 e. The summed E-state index contributed by atoms with van der Waals surface area (Å²) in [4.78, 5) is 33.0. The van der Waals surface area contributed by atoms with E-state index in [0.29, 0.717) is 36.4 Å². The Bertz CT molecular complexity index is 1620. The van der Waals surface area contributed by atoms with E-state index in [4.69, 9.17) is 11.6 Å². The number of Topliss-reactive ketones (excluding diaryl/α,β-unsaturated/α-hetero) is 1. The molecule has 1 amide bonds. The third kappa shape index (κ3) is 3.96. The summed E-state index contributed by atoms with van der Waals surface area (Å²) in [7, 11) is 1.86. The fourth-order valence-corrected chi connectivity index (χ4v) is 6.07. The van der Waals surface area contributed by atoms with Crippen LogP contribution in [0.2, 0.25) is 5.02 Å². The molecule has 8 nitrogen and oxygen atoms in total. The zero-order chi connectivity index (χ0) is 26.6. The summed E-state index contributed by atoms with van der Waals surface area (Å²) >= 11 is 6.36. The number of aryl methyl sites for hydroxylation is 1. The molecule has 0 fully saturated rings. The summed E-state index contributed by atoms with van der Waals surface area (Å²) < 4.78 is 1.72. The van der Waals surface area contributed by atoms with Gasteiger partial charge in [-0.2, -0.15) is 5.10 Å². The Morgan fingerprint density at radius 2 is 2.05 bits per heavy atom. The van der Waals surface area contributed by atoms with Crippen molar-refractivity contribution in [1.82, 2.24) is 19.7 Å². The highest BCUT2D eigenvalue weighted by atomic mass is 35.5. The molecule has 0 saturated carbocycles. The number of nitrogens with one attached hydrogen (secondary N) is 2. The van der Waals surface area contributed by atoms with E-state index in [1.54, 1.807) is 27.8 Å². The molecule has 4 aromatic rings. The number of fused-ring (bicyclic) bond motifs is 4. The number of hydrogen-bond acceptors (Lipinski definition) is 5. The molecule has 2 aromatic carbocycles. The van der Waals surface area contributed by atoms with Crippen molar-refractivity contribution in [2.45, 2.75) is 37.8 Å². The van der Waals surface area contributed by atoms with Gasteiger partial charge in [0.25, 0.3) is 0 Å². The first-order valence-electron chi connectivity index (χ1n) is 12.7. The number of rotatable bonds is 6. The van der Waals surface area contributed by atoms with E-state index in [9.17, 15) is 14.7 Å². The predicted octanol–water partition coefficient (Wildman–Crippen LogP) is 4.89. The van der Waals surface area contributed by atoms with Crippen molar-refractivity contribution in [2.75, 3.05) is 11.9 Å². The number of carbonyl (C=O) groups excluding carboxylic acids is 2. The molecule has 3 N–H and O–H groups in total. The van der Waals surface area contributed by atoms with E-state index in [1.165, 1.54) is 6.08 Å². The highest BCUT2D eigenvalue weighted by Gasteiger charge is 2.53. The minimum Gasteiger partial charge on any atom is -0.508 e. The van der Waals surface area contributed by atoms with Crippen LogP contribution in [0.4, 0.5) is 5.82 Å². The number of anilines is 1.